The minimum absolute atomic E-state index is 0.0119. The van der Waals surface area contributed by atoms with Gasteiger partial charge in [-0.3, -0.25) is 14.4 Å². The summed E-state index contributed by atoms with van der Waals surface area (Å²) in [5.74, 6) is -3.50. The van der Waals surface area contributed by atoms with Crippen LogP contribution in [0, 0.1) is 5.92 Å². The number of rotatable bonds is 14. The highest BCUT2D eigenvalue weighted by atomic mass is 16.4. The van der Waals surface area contributed by atoms with E-state index in [2.05, 4.69) is 30.9 Å². The van der Waals surface area contributed by atoms with Crippen LogP contribution in [0.1, 0.15) is 30.7 Å². The van der Waals surface area contributed by atoms with Crippen molar-refractivity contribution in [1.82, 2.24) is 30.9 Å². The predicted octanol–water partition coefficient (Wildman–Crippen LogP) is 1.15. The van der Waals surface area contributed by atoms with Gasteiger partial charge in [-0.25, -0.2) is 9.78 Å². The van der Waals surface area contributed by atoms with E-state index < -0.39 is 47.9 Å². The van der Waals surface area contributed by atoms with Gasteiger partial charge in [0.1, 0.15) is 23.9 Å². The zero-order valence-corrected chi connectivity index (χ0v) is 24.4. The molecular formula is C31H37N7O6. The smallest absolute Gasteiger partial charge is 0.326 e. The Labute approximate surface area is 253 Å². The van der Waals surface area contributed by atoms with E-state index in [4.69, 9.17) is 5.73 Å². The number of nitrogens with zero attached hydrogens (tertiary/aromatic N) is 1. The van der Waals surface area contributed by atoms with Crippen molar-refractivity contribution in [2.75, 3.05) is 0 Å². The summed E-state index contributed by atoms with van der Waals surface area (Å²) < 4.78 is 0. The number of amides is 3. The van der Waals surface area contributed by atoms with Crippen molar-refractivity contribution in [3.8, 4) is 5.75 Å². The topological polar surface area (TPSA) is 215 Å². The second-order valence-corrected chi connectivity index (χ2v) is 11.0. The minimum atomic E-state index is -1.31. The Morgan fingerprint density at radius 2 is 1.57 bits per heavy atom. The molecule has 0 aliphatic rings. The molecule has 0 saturated heterocycles. The number of hydrogen-bond acceptors (Lipinski definition) is 7. The summed E-state index contributed by atoms with van der Waals surface area (Å²) >= 11 is 0. The molecule has 2 aromatic carbocycles. The summed E-state index contributed by atoms with van der Waals surface area (Å²) in [6.45, 7) is 3.50. The van der Waals surface area contributed by atoms with Gasteiger partial charge in [0.15, 0.2) is 0 Å². The van der Waals surface area contributed by atoms with Crippen molar-refractivity contribution in [2.45, 2.75) is 57.3 Å². The summed E-state index contributed by atoms with van der Waals surface area (Å²) in [6, 6.07) is 9.13. The Bertz CT molecular complexity index is 1580. The number of imidazole rings is 1. The normalized spacial score (nSPS) is 14.0. The first-order valence-corrected chi connectivity index (χ1v) is 14.2. The van der Waals surface area contributed by atoms with Crippen LogP contribution in [0.15, 0.2) is 67.3 Å². The number of carbonyl (C=O) groups is 4. The van der Waals surface area contributed by atoms with Crippen molar-refractivity contribution in [3.05, 3.63) is 84.1 Å². The molecule has 0 bridgehead atoms. The van der Waals surface area contributed by atoms with Gasteiger partial charge in [0.05, 0.1) is 12.4 Å². The molecule has 0 saturated carbocycles. The fraction of sp³-hybridized carbons (Fsp3) is 0.323. The van der Waals surface area contributed by atoms with E-state index in [1.165, 1.54) is 24.7 Å². The molecule has 4 atom stereocenters. The molecule has 9 N–H and O–H groups in total. The maximum Gasteiger partial charge on any atom is 0.326 e. The number of phenols is 1. The number of aromatic nitrogens is 3. The number of nitrogens with one attached hydrogen (secondary N) is 5. The molecule has 0 radical (unpaired) electrons. The molecular weight excluding hydrogens is 566 g/mol. The predicted molar refractivity (Wildman–Crippen MR) is 162 cm³/mol. The number of fused-ring (bicyclic) bond motifs is 1. The number of H-pyrrole nitrogens is 2. The molecule has 0 aliphatic carbocycles. The first kappa shape index (κ1) is 31.8. The SMILES string of the molecule is CC(C)C(NC(=O)C(N)Cc1c[nH]c2ccccc12)C(=O)NC(Cc1cnc[nH]1)C(=O)NC(Cc1ccc(O)cc1)C(=O)O. The molecule has 3 amide bonds. The van der Waals surface area contributed by atoms with Crippen LogP contribution in [0.3, 0.4) is 0 Å². The molecule has 4 aromatic rings. The number of carbonyl (C=O) groups excluding carboxylic acids is 3. The number of aliphatic carboxylic acids is 1. The van der Waals surface area contributed by atoms with Crippen LogP contribution in [0.2, 0.25) is 0 Å². The van der Waals surface area contributed by atoms with Crippen LogP contribution in [0.5, 0.6) is 5.75 Å². The van der Waals surface area contributed by atoms with Crippen LogP contribution >= 0.6 is 0 Å². The van der Waals surface area contributed by atoms with Gasteiger partial charge in [-0.1, -0.05) is 44.2 Å². The Morgan fingerprint density at radius 3 is 2.23 bits per heavy atom. The number of benzene rings is 2. The summed E-state index contributed by atoms with van der Waals surface area (Å²) in [5.41, 5.74) is 9.14. The number of nitrogens with two attached hydrogens (primary N) is 1. The molecule has 232 valence electrons. The van der Waals surface area contributed by atoms with Gasteiger partial charge in [-0.2, -0.15) is 0 Å². The Hall–Kier alpha value is -5.17. The lowest BCUT2D eigenvalue weighted by molar-refractivity contribution is -0.142. The van der Waals surface area contributed by atoms with Crippen LogP contribution in [0.4, 0.5) is 0 Å². The Kier molecular flexibility index (Phi) is 10.3. The van der Waals surface area contributed by atoms with E-state index in [1.807, 2.05) is 24.3 Å². The fourth-order valence-electron chi connectivity index (χ4n) is 4.85. The molecule has 4 unspecified atom stereocenters. The molecule has 44 heavy (non-hydrogen) atoms. The van der Waals surface area contributed by atoms with Crippen LogP contribution in [0.25, 0.3) is 10.9 Å². The fourth-order valence-corrected chi connectivity index (χ4v) is 4.85. The van der Waals surface area contributed by atoms with Crippen molar-refractivity contribution >= 4 is 34.6 Å². The minimum Gasteiger partial charge on any atom is -0.508 e. The Morgan fingerprint density at radius 1 is 0.864 bits per heavy atom. The molecule has 0 aliphatic heterocycles. The van der Waals surface area contributed by atoms with E-state index in [0.29, 0.717) is 11.3 Å². The van der Waals surface area contributed by atoms with Crippen molar-refractivity contribution in [3.63, 3.8) is 0 Å². The number of hydrogen-bond donors (Lipinski definition) is 8. The van der Waals surface area contributed by atoms with E-state index in [-0.39, 0.29) is 30.9 Å². The van der Waals surface area contributed by atoms with Gasteiger partial charge in [-0.05, 0) is 41.7 Å². The zero-order valence-electron chi connectivity index (χ0n) is 24.4. The third kappa shape index (κ3) is 8.22. The highest BCUT2D eigenvalue weighted by Crippen LogP contribution is 2.19. The molecule has 0 fully saturated rings. The molecule has 13 nitrogen and oxygen atoms in total. The lowest BCUT2D eigenvalue weighted by Gasteiger charge is -2.27. The number of phenolic OH excluding ortho intramolecular Hbond substituents is 1. The maximum atomic E-state index is 13.5. The quantitative estimate of drug-likeness (QED) is 0.104. The number of para-hydroxylation sites is 1. The van der Waals surface area contributed by atoms with Gasteiger partial charge >= 0.3 is 5.97 Å². The van der Waals surface area contributed by atoms with Gasteiger partial charge in [-0.15, -0.1) is 0 Å². The molecule has 2 aromatic heterocycles. The third-order valence-corrected chi connectivity index (χ3v) is 7.30. The lowest BCUT2D eigenvalue weighted by atomic mass is 10.00. The maximum absolute atomic E-state index is 13.5. The lowest BCUT2D eigenvalue weighted by Crippen LogP contribution is -2.59. The molecule has 2 heterocycles. The van der Waals surface area contributed by atoms with E-state index >= 15 is 0 Å². The third-order valence-electron chi connectivity index (χ3n) is 7.30. The standard InChI is InChI=1S/C31H37N7O6/c1-17(2)27(38-28(40)23(32)12-19-14-34-24-6-4-3-5-22(19)24)30(42)36-25(13-20-15-33-16-35-20)29(41)37-26(31(43)44)11-18-7-9-21(39)10-8-18/h3-10,14-17,23,25-27,34,39H,11-13,32H2,1-2H3,(H,33,35)(H,36,42)(H,37,41)(H,38,40)(H,43,44). The highest BCUT2D eigenvalue weighted by Gasteiger charge is 2.32. The molecule has 13 heteroatoms. The van der Waals surface area contributed by atoms with Crippen LogP contribution in [-0.4, -0.2) is 73.0 Å². The average molecular weight is 604 g/mol. The number of aromatic hydroxyl groups is 1. The summed E-state index contributed by atoms with van der Waals surface area (Å²) in [6.07, 6.45) is 4.89. The summed E-state index contributed by atoms with van der Waals surface area (Å²) in [4.78, 5) is 62.0. The van der Waals surface area contributed by atoms with Gasteiger partial charge in [0, 0.05) is 41.8 Å². The summed E-state index contributed by atoms with van der Waals surface area (Å²) in [5, 5.41) is 28.2. The average Bonchev–Trinajstić information content (AvgIpc) is 3.66. The zero-order chi connectivity index (χ0) is 31.8. The monoisotopic (exact) mass is 603 g/mol. The van der Waals surface area contributed by atoms with Crippen LogP contribution in [-0.2, 0) is 38.4 Å². The van der Waals surface area contributed by atoms with Crippen molar-refractivity contribution in [1.29, 1.82) is 0 Å². The summed E-state index contributed by atoms with van der Waals surface area (Å²) in [7, 11) is 0. The number of aromatic amines is 2. The Balaban J connectivity index is 1.45. The first-order valence-electron chi connectivity index (χ1n) is 14.2. The highest BCUT2D eigenvalue weighted by molar-refractivity contribution is 5.94. The molecule has 4 rings (SSSR count). The molecule has 0 spiro atoms. The van der Waals surface area contributed by atoms with Gasteiger partial charge < -0.3 is 41.9 Å². The second-order valence-electron chi connectivity index (χ2n) is 11.0. The number of carboxylic acids is 1. The van der Waals surface area contributed by atoms with E-state index in [1.54, 1.807) is 32.2 Å². The largest absolute Gasteiger partial charge is 0.508 e. The number of carboxylic acid groups (broad SMARTS) is 1. The van der Waals surface area contributed by atoms with Gasteiger partial charge in [0.2, 0.25) is 17.7 Å². The van der Waals surface area contributed by atoms with Crippen molar-refractivity contribution < 1.29 is 29.4 Å². The van der Waals surface area contributed by atoms with Crippen LogP contribution < -0.4 is 21.7 Å². The van der Waals surface area contributed by atoms with E-state index in [0.717, 1.165) is 16.5 Å². The van der Waals surface area contributed by atoms with E-state index in [9.17, 15) is 29.4 Å². The van der Waals surface area contributed by atoms with Gasteiger partial charge in [0.25, 0.3) is 0 Å². The first-order chi connectivity index (χ1) is 21.0. The second kappa shape index (κ2) is 14.3. The van der Waals surface area contributed by atoms with Crippen molar-refractivity contribution in [2.24, 2.45) is 11.7 Å².